The summed E-state index contributed by atoms with van der Waals surface area (Å²) in [6, 6.07) is 5.04. The Bertz CT molecular complexity index is 493. The number of anilines is 2. The van der Waals surface area contributed by atoms with Crippen molar-refractivity contribution < 1.29 is 9.53 Å². The van der Waals surface area contributed by atoms with Crippen molar-refractivity contribution in [2.24, 2.45) is 0 Å². The van der Waals surface area contributed by atoms with E-state index in [1.54, 1.807) is 12.1 Å². The number of amides is 1. The van der Waals surface area contributed by atoms with E-state index in [0.717, 1.165) is 5.69 Å². The van der Waals surface area contributed by atoms with E-state index in [4.69, 9.17) is 10.5 Å². The predicted octanol–water partition coefficient (Wildman–Crippen LogP) is 2.77. The summed E-state index contributed by atoms with van der Waals surface area (Å²) < 4.78 is 5.64. The molecule has 0 aliphatic heterocycles. The number of nitrogen functional groups attached to an aromatic ring is 1. The molecule has 5 nitrogen and oxygen atoms in total. The second-order valence-corrected chi connectivity index (χ2v) is 6.56. The van der Waals surface area contributed by atoms with Gasteiger partial charge in [0.15, 0.2) is 0 Å². The second kappa shape index (κ2) is 6.70. The lowest BCUT2D eigenvalue weighted by atomic mass is 10.1. The zero-order chi connectivity index (χ0) is 16.2. The molecule has 0 saturated carbocycles. The van der Waals surface area contributed by atoms with Crippen molar-refractivity contribution in [3.05, 3.63) is 18.2 Å². The average Bonchev–Trinajstić information content (AvgIpc) is 2.24. The molecule has 0 saturated heterocycles. The second-order valence-electron chi connectivity index (χ2n) is 6.56. The van der Waals surface area contributed by atoms with E-state index in [2.05, 4.69) is 10.6 Å². The van der Waals surface area contributed by atoms with Crippen LogP contribution in [0.5, 0.6) is 5.75 Å². The van der Waals surface area contributed by atoms with Gasteiger partial charge in [-0.3, -0.25) is 4.79 Å². The van der Waals surface area contributed by atoms with Crippen LogP contribution in [0, 0.1) is 0 Å². The lowest BCUT2D eigenvalue weighted by molar-refractivity contribution is -0.122. The maximum atomic E-state index is 12.1. The third kappa shape index (κ3) is 6.38. The minimum atomic E-state index is -0.363. The van der Waals surface area contributed by atoms with Gasteiger partial charge in [0.25, 0.3) is 0 Å². The molecular formula is C16H27N3O2. The first-order valence-electron chi connectivity index (χ1n) is 7.22. The van der Waals surface area contributed by atoms with Crippen molar-refractivity contribution >= 4 is 17.3 Å². The highest BCUT2D eigenvalue weighted by atomic mass is 16.5. The molecule has 1 unspecified atom stereocenters. The van der Waals surface area contributed by atoms with Crippen molar-refractivity contribution in [1.29, 1.82) is 0 Å². The minimum absolute atomic E-state index is 0.0590. The number of carbonyl (C=O) groups excluding carboxylic acids is 1. The summed E-state index contributed by atoms with van der Waals surface area (Å²) >= 11 is 0. The zero-order valence-corrected chi connectivity index (χ0v) is 13.8. The third-order valence-corrected chi connectivity index (χ3v) is 2.58. The fourth-order valence-corrected chi connectivity index (χ4v) is 1.84. The monoisotopic (exact) mass is 293 g/mol. The van der Waals surface area contributed by atoms with Gasteiger partial charge in [-0.2, -0.15) is 0 Å². The molecule has 1 amide bonds. The molecule has 0 heterocycles. The summed E-state index contributed by atoms with van der Waals surface area (Å²) in [6.07, 6.45) is 0.0706. The lowest BCUT2D eigenvalue weighted by Gasteiger charge is -2.24. The summed E-state index contributed by atoms with van der Waals surface area (Å²) in [4.78, 5) is 12.1. The number of rotatable bonds is 5. The number of ether oxygens (including phenoxy) is 1. The van der Waals surface area contributed by atoms with Crippen LogP contribution < -0.4 is 21.1 Å². The van der Waals surface area contributed by atoms with E-state index in [0.29, 0.717) is 11.4 Å². The van der Waals surface area contributed by atoms with E-state index < -0.39 is 0 Å². The molecule has 0 bridgehead atoms. The van der Waals surface area contributed by atoms with Gasteiger partial charge >= 0.3 is 0 Å². The number of hydrogen-bond acceptors (Lipinski definition) is 4. The Hall–Kier alpha value is -1.91. The first kappa shape index (κ1) is 17.1. The summed E-state index contributed by atoms with van der Waals surface area (Å²) in [6.45, 7) is 11.6. The fourth-order valence-electron chi connectivity index (χ4n) is 1.84. The van der Waals surface area contributed by atoms with Crippen LogP contribution in [0.2, 0.25) is 0 Å². The number of nitrogens with two attached hydrogens (primary N) is 1. The summed E-state index contributed by atoms with van der Waals surface area (Å²) in [5, 5.41) is 6.08. The maximum Gasteiger partial charge on any atom is 0.242 e. The molecule has 0 fully saturated rings. The smallest absolute Gasteiger partial charge is 0.242 e. The predicted molar refractivity (Wildman–Crippen MR) is 87.6 cm³/mol. The molecule has 0 aliphatic rings. The molecule has 1 aromatic carbocycles. The molecule has 0 aliphatic carbocycles. The van der Waals surface area contributed by atoms with Gasteiger partial charge in [0.05, 0.1) is 6.10 Å². The number of carbonyl (C=O) groups is 1. The molecule has 1 aromatic rings. The van der Waals surface area contributed by atoms with Crippen LogP contribution in [0.15, 0.2) is 18.2 Å². The molecule has 0 spiro atoms. The Morgan fingerprint density at radius 1 is 1.19 bits per heavy atom. The van der Waals surface area contributed by atoms with Crippen molar-refractivity contribution in [3.8, 4) is 5.75 Å². The molecule has 0 radical (unpaired) electrons. The quantitative estimate of drug-likeness (QED) is 0.730. The normalized spacial score (nSPS) is 12.9. The SMILES string of the molecule is CC(C)Oc1cc(N)cc(NC(C)C(=O)NC(C)(C)C)c1. The van der Waals surface area contributed by atoms with E-state index in [1.165, 1.54) is 0 Å². The van der Waals surface area contributed by atoms with Gasteiger partial charge in [-0.15, -0.1) is 0 Å². The van der Waals surface area contributed by atoms with Gasteiger partial charge < -0.3 is 21.1 Å². The largest absolute Gasteiger partial charge is 0.491 e. The number of hydrogen-bond donors (Lipinski definition) is 3. The zero-order valence-electron chi connectivity index (χ0n) is 13.8. The van der Waals surface area contributed by atoms with Gasteiger partial charge in [0.2, 0.25) is 5.91 Å². The van der Waals surface area contributed by atoms with Crippen LogP contribution in [0.1, 0.15) is 41.5 Å². The Balaban J connectivity index is 2.78. The molecule has 118 valence electrons. The van der Waals surface area contributed by atoms with Gasteiger partial charge in [-0.05, 0) is 47.6 Å². The van der Waals surface area contributed by atoms with Crippen LogP contribution in [0.3, 0.4) is 0 Å². The van der Waals surface area contributed by atoms with E-state index in [-0.39, 0.29) is 23.6 Å². The van der Waals surface area contributed by atoms with Crippen molar-refractivity contribution in [1.82, 2.24) is 5.32 Å². The fraction of sp³-hybridized carbons (Fsp3) is 0.562. The molecule has 1 atom stereocenters. The maximum absolute atomic E-state index is 12.1. The molecule has 0 aromatic heterocycles. The van der Waals surface area contributed by atoms with E-state index in [9.17, 15) is 4.79 Å². The van der Waals surface area contributed by atoms with Gasteiger partial charge in [0.1, 0.15) is 11.8 Å². The molecule has 21 heavy (non-hydrogen) atoms. The van der Waals surface area contributed by atoms with Crippen LogP contribution >= 0.6 is 0 Å². The Morgan fingerprint density at radius 3 is 2.33 bits per heavy atom. The number of benzene rings is 1. The van der Waals surface area contributed by atoms with Gasteiger partial charge in [-0.1, -0.05) is 0 Å². The highest BCUT2D eigenvalue weighted by Crippen LogP contribution is 2.24. The molecule has 5 heteroatoms. The summed E-state index contributed by atoms with van der Waals surface area (Å²) in [5.41, 5.74) is 6.98. The Labute approximate surface area is 127 Å². The van der Waals surface area contributed by atoms with Crippen LogP contribution in [-0.2, 0) is 4.79 Å². The van der Waals surface area contributed by atoms with E-state index >= 15 is 0 Å². The number of nitrogens with one attached hydrogen (secondary N) is 2. The Kier molecular flexibility index (Phi) is 5.47. The molecular weight excluding hydrogens is 266 g/mol. The standard InChI is InChI=1S/C16H27N3O2/c1-10(2)21-14-8-12(17)7-13(9-14)18-11(3)15(20)19-16(4,5)6/h7-11,18H,17H2,1-6H3,(H,19,20). The highest BCUT2D eigenvalue weighted by molar-refractivity contribution is 5.85. The van der Waals surface area contributed by atoms with Gasteiger partial charge in [0, 0.05) is 29.0 Å². The van der Waals surface area contributed by atoms with Crippen molar-refractivity contribution in [2.75, 3.05) is 11.1 Å². The minimum Gasteiger partial charge on any atom is -0.491 e. The average molecular weight is 293 g/mol. The highest BCUT2D eigenvalue weighted by Gasteiger charge is 2.19. The van der Waals surface area contributed by atoms with Crippen LogP contribution in [0.25, 0.3) is 0 Å². The molecule has 4 N–H and O–H groups in total. The third-order valence-electron chi connectivity index (χ3n) is 2.58. The van der Waals surface area contributed by atoms with E-state index in [1.807, 2.05) is 47.6 Å². The summed E-state index contributed by atoms with van der Waals surface area (Å²) in [5.74, 6) is 0.632. The molecule has 1 rings (SSSR count). The Morgan fingerprint density at radius 2 is 1.81 bits per heavy atom. The van der Waals surface area contributed by atoms with Crippen molar-refractivity contribution in [3.63, 3.8) is 0 Å². The van der Waals surface area contributed by atoms with Crippen LogP contribution in [0.4, 0.5) is 11.4 Å². The van der Waals surface area contributed by atoms with Gasteiger partial charge in [-0.25, -0.2) is 0 Å². The van der Waals surface area contributed by atoms with Crippen LogP contribution in [-0.4, -0.2) is 23.6 Å². The first-order chi connectivity index (χ1) is 9.56. The van der Waals surface area contributed by atoms with Crippen molar-refractivity contribution in [2.45, 2.75) is 59.2 Å². The first-order valence-corrected chi connectivity index (χ1v) is 7.22. The topological polar surface area (TPSA) is 76.4 Å². The lowest BCUT2D eigenvalue weighted by Crippen LogP contribution is -2.47. The summed E-state index contributed by atoms with van der Waals surface area (Å²) in [7, 11) is 0.